The number of amides is 1. The maximum absolute atomic E-state index is 12.2. The van der Waals surface area contributed by atoms with E-state index in [-0.39, 0.29) is 18.2 Å². The van der Waals surface area contributed by atoms with E-state index < -0.39 is 5.60 Å². The number of carbonyl (C=O) groups excluding carboxylic acids is 1. The van der Waals surface area contributed by atoms with Crippen molar-refractivity contribution in [3.63, 3.8) is 0 Å². The van der Waals surface area contributed by atoms with Crippen LogP contribution in [0.2, 0.25) is 0 Å². The van der Waals surface area contributed by atoms with Crippen molar-refractivity contribution in [3.05, 3.63) is 0 Å². The fraction of sp³-hybridized carbons (Fsp3) is 0.933. The van der Waals surface area contributed by atoms with Crippen LogP contribution in [-0.2, 0) is 14.2 Å². The lowest BCUT2D eigenvalue weighted by molar-refractivity contribution is 0.0251. The van der Waals surface area contributed by atoms with Crippen LogP contribution in [0.25, 0.3) is 0 Å². The van der Waals surface area contributed by atoms with Gasteiger partial charge in [-0.05, 0) is 33.6 Å². The predicted octanol–water partition coefficient (Wildman–Crippen LogP) is 1.39. The molecule has 0 bridgehead atoms. The molecular formula is C15H28N2O4. The van der Waals surface area contributed by atoms with Crippen LogP contribution in [0.15, 0.2) is 0 Å². The molecule has 6 heteroatoms. The summed E-state index contributed by atoms with van der Waals surface area (Å²) in [5, 5.41) is 3.61. The highest BCUT2D eigenvalue weighted by atomic mass is 16.6. The summed E-state index contributed by atoms with van der Waals surface area (Å²) >= 11 is 0. The summed E-state index contributed by atoms with van der Waals surface area (Å²) in [5.41, 5.74) is -0.466. The second-order valence-corrected chi connectivity index (χ2v) is 6.82. The molecule has 1 N–H and O–H groups in total. The minimum Gasteiger partial charge on any atom is -0.444 e. The molecular weight excluding hydrogens is 272 g/mol. The van der Waals surface area contributed by atoms with E-state index in [1.165, 1.54) is 0 Å². The largest absolute Gasteiger partial charge is 0.444 e. The van der Waals surface area contributed by atoms with Crippen molar-refractivity contribution in [2.75, 3.05) is 33.4 Å². The number of rotatable bonds is 3. The molecule has 2 atom stereocenters. The highest BCUT2D eigenvalue weighted by molar-refractivity contribution is 5.68. The van der Waals surface area contributed by atoms with Gasteiger partial charge in [0.2, 0.25) is 0 Å². The summed E-state index contributed by atoms with van der Waals surface area (Å²) in [6, 6.07) is 0.602. The van der Waals surface area contributed by atoms with Crippen LogP contribution in [0.4, 0.5) is 4.79 Å². The van der Waals surface area contributed by atoms with Crippen LogP contribution >= 0.6 is 0 Å². The predicted molar refractivity (Wildman–Crippen MR) is 79.4 cm³/mol. The van der Waals surface area contributed by atoms with Crippen molar-refractivity contribution >= 4 is 6.09 Å². The third kappa shape index (κ3) is 4.83. The summed E-state index contributed by atoms with van der Waals surface area (Å²) < 4.78 is 16.3. The number of nitrogens with zero attached hydrogens (tertiary/aromatic N) is 1. The molecule has 2 heterocycles. The Labute approximate surface area is 127 Å². The number of nitrogens with one attached hydrogen (secondary N) is 1. The van der Waals surface area contributed by atoms with Crippen LogP contribution in [0.1, 0.15) is 33.6 Å². The van der Waals surface area contributed by atoms with E-state index in [1.807, 2.05) is 20.8 Å². The van der Waals surface area contributed by atoms with Gasteiger partial charge in [-0.25, -0.2) is 4.79 Å². The first-order chi connectivity index (χ1) is 9.89. The number of likely N-dealkylation sites (tertiary alicyclic amines) is 1. The number of hydrogen-bond donors (Lipinski definition) is 1. The van der Waals surface area contributed by atoms with E-state index >= 15 is 0 Å². The Kier molecular flexibility index (Phi) is 5.46. The van der Waals surface area contributed by atoms with Crippen molar-refractivity contribution in [1.29, 1.82) is 0 Å². The molecule has 0 aromatic heterocycles. The molecule has 6 nitrogen and oxygen atoms in total. The molecule has 0 radical (unpaired) electrons. The zero-order valence-electron chi connectivity index (χ0n) is 13.6. The van der Waals surface area contributed by atoms with Crippen LogP contribution in [-0.4, -0.2) is 68.2 Å². The van der Waals surface area contributed by atoms with Gasteiger partial charge in [0.05, 0.1) is 18.7 Å². The van der Waals surface area contributed by atoms with Gasteiger partial charge in [0.15, 0.2) is 0 Å². The lowest BCUT2D eigenvalue weighted by atomic mass is 10.1. The SMILES string of the molecule is CO[C@H]1CN(C(=O)OC(C)(C)C)CC1NC1CCOCC1. The first-order valence-corrected chi connectivity index (χ1v) is 7.73. The maximum Gasteiger partial charge on any atom is 0.410 e. The van der Waals surface area contributed by atoms with Gasteiger partial charge in [-0.3, -0.25) is 0 Å². The average molecular weight is 300 g/mol. The van der Waals surface area contributed by atoms with Gasteiger partial charge in [-0.15, -0.1) is 0 Å². The lowest BCUT2D eigenvalue weighted by Crippen LogP contribution is -2.47. The minimum absolute atomic E-state index is 0.0142. The topological polar surface area (TPSA) is 60.0 Å². The Hall–Kier alpha value is -0.850. The van der Waals surface area contributed by atoms with Crippen molar-refractivity contribution in [2.24, 2.45) is 0 Å². The van der Waals surface area contributed by atoms with E-state index in [9.17, 15) is 4.79 Å². The first kappa shape index (κ1) is 16.5. The summed E-state index contributed by atoms with van der Waals surface area (Å²) in [6.45, 7) is 8.46. The second kappa shape index (κ2) is 6.94. The summed E-state index contributed by atoms with van der Waals surface area (Å²) in [7, 11) is 1.70. The Balaban J connectivity index is 1.88. The average Bonchev–Trinajstić information content (AvgIpc) is 2.81. The normalized spacial score (nSPS) is 27.9. The third-order valence-electron chi connectivity index (χ3n) is 3.89. The minimum atomic E-state index is -0.466. The first-order valence-electron chi connectivity index (χ1n) is 7.73. The zero-order chi connectivity index (χ0) is 15.5. The monoisotopic (exact) mass is 300 g/mol. The fourth-order valence-electron chi connectivity index (χ4n) is 2.82. The van der Waals surface area contributed by atoms with E-state index in [0.717, 1.165) is 26.1 Å². The van der Waals surface area contributed by atoms with Crippen LogP contribution in [0, 0.1) is 0 Å². The Morgan fingerprint density at radius 2 is 1.90 bits per heavy atom. The molecule has 21 heavy (non-hydrogen) atoms. The molecule has 0 spiro atoms. The smallest absolute Gasteiger partial charge is 0.410 e. The number of hydrogen-bond acceptors (Lipinski definition) is 5. The molecule has 1 unspecified atom stereocenters. The summed E-state index contributed by atoms with van der Waals surface area (Å²) in [4.78, 5) is 13.9. The number of carbonyl (C=O) groups is 1. The lowest BCUT2D eigenvalue weighted by Gasteiger charge is -2.28. The zero-order valence-corrected chi connectivity index (χ0v) is 13.6. The maximum atomic E-state index is 12.2. The highest BCUT2D eigenvalue weighted by Gasteiger charge is 2.38. The quantitative estimate of drug-likeness (QED) is 0.853. The molecule has 1 amide bonds. The van der Waals surface area contributed by atoms with Crippen molar-refractivity contribution in [3.8, 4) is 0 Å². The molecule has 0 aromatic carbocycles. The van der Waals surface area contributed by atoms with E-state index in [2.05, 4.69) is 5.32 Å². The van der Waals surface area contributed by atoms with Crippen molar-refractivity contribution in [1.82, 2.24) is 10.2 Å². The number of ether oxygens (including phenoxy) is 3. The van der Waals surface area contributed by atoms with Crippen LogP contribution in [0.3, 0.4) is 0 Å². The molecule has 2 aliphatic heterocycles. The molecule has 2 aliphatic rings. The molecule has 0 aromatic rings. The van der Waals surface area contributed by atoms with E-state index in [4.69, 9.17) is 14.2 Å². The fourth-order valence-corrected chi connectivity index (χ4v) is 2.82. The second-order valence-electron chi connectivity index (χ2n) is 6.82. The van der Waals surface area contributed by atoms with Gasteiger partial charge in [-0.1, -0.05) is 0 Å². The van der Waals surface area contributed by atoms with Gasteiger partial charge in [0.1, 0.15) is 5.60 Å². The van der Waals surface area contributed by atoms with Crippen molar-refractivity contribution in [2.45, 2.75) is 57.4 Å². The standard InChI is InChI=1S/C15H28N2O4/c1-15(2,3)21-14(18)17-9-12(13(10-17)19-4)16-11-5-7-20-8-6-11/h11-13,16H,5-10H2,1-4H3/t12?,13-/m0/s1. The van der Waals surface area contributed by atoms with E-state index in [0.29, 0.717) is 19.1 Å². The molecule has 2 rings (SSSR count). The molecule has 0 aliphatic carbocycles. The Morgan fingerprint density at radius 1 is 1.24 bits per heavy atom. The number of methoxy groups -OCH3 is 1. The highest BCUT2D eigenvalue weighted by Crippen LogP contribution is 2.19. The molecule has 2 saturated heterocycles. The van der Waals surface area contributed by atoms with Gasteiger partial charge in [0.25, 0.3) is 0 Å². The molecule has 2 fully saturated rings. The summed E-state index contributed by atoms with van der Waals surface area (Å²) in [6.07, 6.45) is 1.78. The van der Waals surface area contributed by atoms with Crippen molar-refractivity contribution < 1.29 is 19.0 Å². The third-order valence-corrected chi connectivity index (χ3v) is 3.89. The van der Waals surface area contributed by atoms with Crippen LogP contribution < -0.4 is 5.32 Å². The molecule has 122 valence electrons. The van der Waals surface area contributed by atoms with Gasteiger partial charge in [0, 0.05) is 32.9 Å². The summed E-state index contributed by atoms with van der Waals surface area (Å²) in [5.74, 6) is 0. The molecule has 0 saturated carbocycles. The Morgan fingerprint density at radius 3 is 2.48 bits per heavy atom. The van der Waals surface area contributed by atoms with Gasteiger partial charge in [-0.2, -0.15) is 0 Å². The van der Waals surface area contributed by atoms with Crippen LogP contribution in [0.5, 0.6) is 0 Å². The Bertz CT molecular complexity index is 350. The van der Waals surface area contributed by atoms with E-state index in [1.54, 1.807) is 12.0 Å². The van der Waals surface area contributed by atoms with Gasteiger partial charge >= 0.3 is 6.09 Å². The van der Waals surface area contributed by atoms with Gasteiger partial charge < -0.3 is 24.4 Å².